The van der Waals surface area contributed by atoms with Crippen LogP contribution in [-0.4, -0.2) is 229 Å². The molecule has 8 atom stereocenters. The highest BCUT2D eigenvalue weighted by molar-refractivity contribution is 5.99. The first-order valence-electron chi connectivity index (χ1n) is 33.2. The molecular weight excluding hydrogens is 1220 g/mol. The van der Waals surface area contributed by atoms with E-state index in [0.717, 1.165) is 80.9 Å². The van der Waals surface area contributed by atoms with Crippen LogP contribution in [-0.2, 0) is 65.5 Å². The fourth-order valence-electron chi connectivity index (χ4n) is 13.0. The van der Waals surface area contributed by atoms with Gasteiger partial charge in [0, 0.05) is 85.8 Å². The van der Waals surface area contributed by atoms with Crippen molar-refractivity contribution in [1.29, 1.82) is 0 Å². The van der Waals surface area contributed by atoms with Crippen LogP contribution >= 0.6 is 0 Å². The molecule has 520 valence electrons. The van der Waals surface area contributed by atoms with Crippen molar-refractivity contribution in [2.75, 3.05) is 94.8 Å². The lowest BCUT2D eigenvalue weighted by Gasteiger charge is -2.37. The molecule has 3 aliphatic rings. The number of amides is 8. The Bertz CT molecular complexity index is 3380. The summed E-state index contributed by atoms with van der Waals surface area (Å²) < 4.78 is 7.14. The Labute approximate surface area is 558 Å². The van der Waals surface area contributed by atoms with Crippen LogP contribution in [0.25, 0.3) is 21.8 Å². The zero-order valence-corrected chi connectivity index (χ0v) is 57.3. The van der Waals surface area contributed by atoms with Crippen LogP contribution in [0.15, 0.2) is 85.6 Å². The number of ketones is 2. The van der Waals surface area contributed by atoms with Gasteiger partial charge in [-0.15, -0.1) is 0 Å². The first-order chi connectivity index (χ1) is 44.8. The van der Waals surface area contributed by atoms with Crippen molar-refractivity contribution < 1.29 is 71.9 Å². The molecule has 0 radical (unpaired) electrons. The smallest absolute Gasteiger partial charge is 0.243 e. The van der Waals surface area contributed by atoms with Crippen LogP contribution in [0.4, 0.5) is 0 Å². The number of Topliss-reactive ketones (excluding diaryl/α,β-unsaturated/α-hetero) is 2. The maximum atomic E-state index is 14.3. The fourth-order valence-corrected chi connectivity index (χ4v) is 13.0. The second-order valence-electron chi connectivity index (χ2n) is 27.9. The molecule has 10 N–H and O–H groups in total. The zero-order valence-electron chi connectivity index (χ0n) is 57.3. The Morgan fingerprint density at radius 2 is 0.979 bits per heavy atom. The van der Waals surface area contributed by atoms with E-state index in [2.05, 4.69) is 83.2 Å². The number of hydrogen-bond acceptors (Lipinski definition) is 13. The van der Waals surface area contributed by atoms with Crippen LogP contribution in [0.1, 0.15) is 103 Å². The zero-order chi connectivity index (χ0) is 69.9. The molecule has 0 aliphatic carbocycles. The number of ether oxygens (including phenoxy) is 1. The van der Waals surface area contributed by atoms with Gasteiger partial charge in [0.2, 0.25) is 47.3 Å². The molecule has 0 spiro atoms. The second-order valence-corrected chi connectivity index (χ2v) is 27.9. The Kier molecular flexibility index (Phi) is 27.7. The molecule has 3 saturated heterocycles. The number of carbonyl (C=O) groups excluding carboxylic acids is 10. The minimum Gasteiger partial charge on any atom is -0.513 e. The Morgan fingerprint density at radius 1 is 0.579 bits per heavy atom. The molecule has 7 rings (SSSR count). The first kappa shape index (κ1) is 75.6. The van der Waals surface area contributed by atoms with E-state index in [4.69, 9.17) is 4.74 Å². The summed E-state index contributed by atoms with van der Waals surface area (Å²) in [6, 6.07) is 9.21. The normalized spacial score (nSPS) is 23.7. The van der Waals surface area contributed by atoms with E-state index in [1.807, 2.05) is 82.4 Å². The third-order valence-electron chi connectivity index (χ3n) is 18.2. The van der Waals surface area contributed by atoms with Crippen LogP contribution in [0.3, 0.4) is 0 Å². The molecule has 0 saturated carbocycles. The largest absolute Gasteiger partial charge is 0.513 e. The number of benzene rings is 2. The summed E-state index contributed by atoms with van der Waals surface area (Å²) in [7, 11) is 11.5. The first-order valence-corrected chi connectivity index (χ1v) is 33.2. The monoisotopic (exact) mass is 1320 g/mol. The van der Waals surface area contributed by atoms with Crippen molar-refractivity contribution >= 4 is 80.6 Å². The topological polar surface area (TPSA) is 331 Å². The van der Waals surface area contributed by atoms with Crippen molar-refractivity contribution in [2.24, 2.45) is 23.7 Å². The van der Waals surface area contributed by atoms with Gasteiger partial charge >= 0.3 is 0 Å². The van der Waals surface area contributed by atoms with E-state index < -0.39 is 120 Å². The highest BCUT2D eigenvalue weighted by Crippen LogP contribution is 2.29. The van der Waals surface area contributed by atoms with Gasteiger partial charge < -0.3 is 75.6 Å². The van der Waals surface area contributed by atoms with Crippen molar-refractivity contribution in [1.82, 2.24) is 51.7 Å². The van der Waals surface area contributed by atoms with Crippen LogP contribution < -0.4 is 31.9 Å². The highest BCUT2D eigenvalue weighted by atomic mass is 16.5. The average molecular weight is 1320 g/mol. The molecule has 3 fully saturated rings. The van der Waals surface area contributed by atoms with Gasteiger partial charge in [0.25, 0.3) is 0 Å². The number of para-hydroxylation sites is 2. The predicted molar refractivity (Wildman–Crippen MR) is 362 cm³/mol. The van der Waals surface area contributed by atoms with E-state index in [1.54, 1.807) is 20.3 Å². The number of hydrogen-bond donors (Lipinski definition) is 10. The number of aromatic nitrogens is 2. The number of aliphatic hydroxyl groups excluding tert-OH is 2. The number of quaternary nitrogens is 2. The van der Waals surface area contributed by atoms with Gasteiger partial charge in [-0.1, -0.05) is 77.3 Å². The minimum atomic E-state index is -1.17. The number of likely N-dealkylation sites (N-methyl/N-ethyl adjacent to an activating group) is 3. The molecule has 0 unspecified atom stereocenters. The highest BCUT2D eigenvalue weighted by Gasteiger charge is 2.40. The van der Waals surface area contributed by atoms with E-state index in [9.17, 15) is 58.2 Å². The number of unbranched alkanes of at least 4 members (excludes halogenated alkanes) is 2. The summed E-state index contributed by atoms with van der Waals surface area (Å²) >= 11 is 0. The number of nitrogens with zero attached hydrogens (tertiary/aromatic N) is 4. The summed E-state index contributed by atoms with van der Waals surface area (Å²) in [6.07, 6.45) is 6.64. The molecule has 2 aromatic heterocycles. The van der Waals surface area contributed by atoms with E-state index in [1.165, 1.54) is 9.80 Å². The average Bonchev–Trinajstić information content (AvgIpc) is 1.82. The number of carbonyl (C=O) groups is 10. The Hall–Kier alpha value is -8.42. The predicted octanol–water partition coefficient (Wildman–Crippen LogP) is 4.18. The standard InChI is InChI=1S/C36H52N6O7.C34H50N6O6/c1-23(2)33-35(47)40-29(12-8-9-13-42(5)14-16-49-17-15-42)34(46)38-22-32(45)39-30(18-24(3)43)31(44)20-25(36(48)41(33)4)19-26-21-37-28-11-7-6-10-27(26)28;1-21(2)31-33(45)38-27(14-10-11-15-40(5,6)7)32(44)36-20-30(43)37-28(16-22(3)41)29(42)18-23(34(46)39(31)4)17-24-19-35-26-13-9-8-12-25(24)26/h6-7,10-11,21,23,25,29-30,33,37H,3,8-9,12-20,22H2,1-2,4-5H3,(H3-,38,39,40,43,45,46,47);8-9,12-13,19,21,23,27-28,31,35H,3,10-11,14-18,20H2,1-2,4-7H3,(H3-,36,37,38,41,43,44,45)/p+2/t25-,29-,30-,33-;23-,27-,28-,31-/m00/s1. The molecule has 4 aromatic rings. The number of aliphatic hydroxyl groups is 2. The maximum Gasteiger partial charge on any atom is 0.243 e. The summed E-state index contributed by atoms with van der Waals surface area (Å²) in [5.74, 6) is -8.12. The third-order valence-corrected chi connectivity index (χ3v) is 18.2. The van der Waals surface area contributed by atoms with Gasteiger partial charge in [0.05, 0.1) is 91.2 Å². The van der Waals surface area contributed by atoms with Gasteiger partial charge in [-0.3, -0.25) is 47.9 Å². The van der Waals surface area contributed by atoms with E-state index in [0.29, 0.717) is 38.9 Å². The van der Waals surface area contributed by atoms with Gasteiger partial charge in [-0.25, -0.2) is 0 Å². The lowest BCUT2D eigenvalue weighted by molar-refractivity contribution is -0.917. The van der Waals surface area contributed by atoms with Crippen LogP contribution in [0.2, 0.25) is 0 Å². The number of rotatable bonds is 20. The minimum absolute atomic E-state index is 0.193. The second kappa shape index (κ2) is 34.8. The van der Waals surface area contributed by atoms with Gasteiger partial charge in [-0.2, -0.15) is 0 Å². The van der Waals surface area contributed by atoms with Crippen molar-refractivity contribution in [2.45, 2.75) is 141 Å². The quantitative estimate of drug-likeness (QED) is 0.0338. The van der Waals surface area contributed by atoms with Crippen molar-refractivity contribution in [3.8, 4) is 0 Å². The van der Waals surface area contributed by atoms with E-state index >= 15 is 0 Å². The van der Waals surface area contributed by atoms with E-state index in [-0.39, 0.29) is 61.9 Å². The molecule has 25 heteroatoms. The molecular formula is C70H104N12O13+2. The fraction of sp³-hybridized carbons (Fsp3) is 0.571. The van der Waals surface area contributed by atoms with Crippen LogP contribution in [0, 0.1) is 23.7 Å². The summed E-state index contributed by atoms with van der Waals surface area (Å²) in [5.41, 5.74) is 3.42. The SMILES string of the molecule is C=C(O)C[C@@H]1NC(=O)CNC(=O)[C@H](CCCC[N+](C)(C)C)NC(=O)[C@H](C(C)C)N(C)C(=O)[C@@H](Cc2c[nH]c3ccccc23)CC1=O.C=C(O)C[C@@H]1NC(=O)CNC(=O)[C@H](CCCC[N+]2(C)CCOCC2)NC(=O)[C@H](C(C)C)N(C)C(=O)[C@@H](Cc2c[nH]c3ccccc23)CC1=O. The van der Waals surface area contributed by atoms with Crippen molar-refractivity contribution in [3.63, 3.8) is 0 Å². The summed E-state index contributed by atoms with van der Waals surface area (Å²) in [5, 5.41) is 37.9. The number of nitrogens with one attached hydrogen (secondary N) is 8. The summed E-state index contributed by atoms with van der Waals surface area (Å²) in [4.78, 5) is 146. The molecule has 2 aromatic carbocycles. The van der Waals surface area contributed by atoms with Gasteiger partial charge in [0.1, 0.15) is 37.3 Å². The van der Waals surface area contributed by atoms with Gasteiger partial charge in [-0.05, 0) is 86.5 Å². The number of aromatic amines is 2. The molecule has 3 aliphatic heterocycles. The molecule has 0 bridgehead atoms. The molecule has 5 heterocycles. The van der Waals surface area contributed by atoms with Gasteiger partial charge in [0.15, 0.2) is 11.6 Å². The lowest BCUT2D eigenvalue weighted by Crippen LogP contribution is -2.57. The van der Waals surface area contributed by atoms with Crippen LogP contribution in [0.5, 0.6) is 0 Å². The summed E-state index contributed by atoms with van der Waals surface area (Å²) in [6.45, 7) is 18.5. The number of H-pyrrole nitrogens is 2. The lowest BCUT2D eigenvalue weighted by atomic mass is 9.88. The Morgan fingerprint density at radius 3 is 1.37 bits per heavy atom. The maximum absolute atomic E-state index is 14.3. The Balaban J connectivity index is 0.000000301. The molecule has 95 heavy (non-hydrogen) atoms. The number of morpholine rings is 1. The molecule has 8 amide bonds. The third kappa shape index (κ3) is 22.3. The number of fused-ring (bicyclic) bond motifs is 2. The van der Waals surface area contributed by atoms with Crippen molar-refractivity contribution in [3.05, 3.63) is 96.7 Å². The molecule has 25 nitrogen and oxygen atoms in total.